The van der Waals surface area contributed by atoms with Gasteiger partial charge < -0.3 is 5.73 Å². The molecule has 1 unspecified atom stereocenters. The van der Waals surface area contributed by atoms with Gasteiger partial charge in [0.05, 0.1) is 11.4 Å². The molecule has 0 aliphatic carbocycles. The molecule has 0 aliphatic heterocycles. The fraction of sp³-hybridized carbons (Fsp3) is 0.429. The predicted octanol–water partition coefficient (Wildman–Crippen LogP) is 2.96. The van der Waals surface area contributed by atoms with Gasteiger partial charge in [0.2, 0.25) is 0 Å². The van der Waals surface area contributed by atoms with Gasteiger partial charge in [-0.2, -0.15) is 10.2 Å². The van der Waals surface area contributed by atoms with Crippen LogP contribution in [0, 0.1) is 13.8 Å². The quantitative estimate of drug-likeness (QED) is 0.920. The Hall–Kier alpha value is -1.26. The minimum Gasteiger partial charge on any atom is -0.324 e. The molecular weight excluding hydrogens is 242 g/mol. The Morgan fingerprint density at radius 1 is 1.22 bits per heavy atom. The number of hydrogen-bond donors (Lipinski definition) is 1. The molecule has 4 heteroatoms. The summed E-state index contributed by atoms with van der Waals surface area (Å²) >= 11 is 1.85. The van der Waals surface area contributed by atoms with Crippen LogP contribution < -0.4 is 5.73 Å². The molecule has 0 bridgehead atoms. The number of hydrogen-bond acceptors (Lipinski definition) is 4. The van der Waals surface area contributed by atoms with Gasteiger partial charge in [-0.3, -0.25) is 0 Å². The highest BCUT2D eigenvalue weighted by molar-refractivity contribution is 7.11. The van der Waals surface area contributed by atoms with Crippen LogP contribution in [-0.2, 0) is 12.8 Å². The van der Waals surface area contributed by atoms with Gasteiger partial charge in [0.15, 0.2) is 0 Å². The lowest BCUT2D eigenvalue weighted by atomic mass is 10.0. The van der Waals surface area contributed by atoms with Gasteiger partial charge in [0.25, 0.3) is 0 Å². The van der Waals surface area contributed by atoms with Crippen molar-refractivity contribution in [1.29, 1.82) is 0 Å². The zero-order chi connectivity index (χ0) is 13.1. The SMILES string of the molecule is CCc1ccc(CC(N)c2cc(C)nnc2C)s1. The summed E-state index contributed by atoms with van der Waals surface area (Å²) in [5.74, 6) is 0. The first-order valence-corrected chi connectivity index (χ1v) is 7.05. The molecule has 18 heavy (non-hydrogen) atoms. The maximum Gasteiger partial charge on any atom is 0.0648 e. The Morgan fingerprint density at radius 3 is 2.61 bits per heavy atom. The lowest BCUT2D eigenvalue weighted by molar-refractivity contribution is 0.707. The highest BCUT2D eigenvalue weighted by atomic mass is 32.1. The van der Waals surface area contributed by atoms with E-state index in [1.54, 1.807) is 0 Å². The van der Waals surface area contributed by atoms with E-state index >= 15 is 0 Å². The summed E-state index contributed by atoms with van der Waals surface area (Å²) in [4.78, 5) is 2.76. The fourth-order valence-corrected chi connectivity index (χ4v) is 3.01. The smallest absolute Gasteiger partial charge is 0.0648 e. The van der Waals surface area contributed by atoms with E-state index in [1.165, 1.54) is 9.75 Å². The van der Waals surface area contributed by atoms with Crippen molar-refractivity contribution in [3.05, 3.63) is 44.9 Å². The predicted molar refractivity (Wildman–Crippen MR) is 75.8 cm³/mol. The van der Waals surface area contributed by atoms with Crippen molar-refractivity contribution >= 4 is 11.3 Å². The van der Waals surface area contributed by atoms with Crippen molar-refractivity contribution in [1.82, 2.24) is 10.2 Å². The second-order valence-electron chi connectivity index (χ2n) is 4.56. The minimum atomic E-state index is 0.00237. The highest BCUT2D eigenvalue weighted by Gasteiger charge is 2.12. The van der Waals surface area contributed by atoms with Crippen LogP contribution in [0.15, 0.2) is 18.2 Å². The third kappa shape index (κ3) is 2.94. The average Bonchev–Trinajstić information content (AvgIpc) is 2.80. The van der Waals surface area contributed by atoms with Gasteiger partial charge in [0.1, 0.15) is 0 Å². The highest BCUT2D eigenvalue weighted by Crippen LogP contribution is 2.24. The van der Waals surface area contributed by atoms with Crippen LogP contribution in [0.25, 0.3) is 0 Å². The van der Waals surface area contributed by atoms with Crippen molar-refractivity contribution < 1.29 is 0 Å². The molecule has 2 aromatic rings. The van der Waals surface area contributed by atoms with E-state index < -0.39 is 0 Å². The van der Waals surface area contributed by atoms with Gasteiger partial charge in [-0.25, -0.2) is 0 Å². The van der Waals surface area contributed by atoms with Crippen molar-refractivity contribution in [2.45, 2.75) is 39.7 Å². The number of aryl methyl sites for hydroxylation is 3. The maximum absolute atomic E-state index is 6.29. The van der Waals surface area contributed by atoms with Crippen LogP contribution in [0.2, 0.25) is 0 Å². The Labute approximate surface area is 112 Å². The summed E-state index contributed by atoms with van der Waals surface area (Å²) in [7, 11) is 0. The molecule has 3 nitrogen and oxygen atoms in total. The van der Waals surface area contributed by atoms with Crippen molar-refractivity contribution in [2.75, 3.05) is 0 Å². The lowest BCUT2D eigenvalue weighted by Gasteiger charge is -2.13. The van der Waals surface area contributed by atoms with Crippen molar-refractivity contribution in [2.24, 2.45) is 5.73 Å². The number of rotatable bonds is 4. The molecule has 2 rings (SSSR count). The number of aromatic nitrogens is 2. The summed E-state index contributed by atoms with van der Waals surface area (Å²) in [5.41, 5.74) is 9.25. The molecule has 0 fully saturated rings. The van der Waals surface area contributed by atoms with Gasteiger partial charge in [-0.05, 0) is 44.0 Å². The van der Waals surface area contributed by atoms with Crippen LogP contribution in [-0.4, -0.2) is 10.2 Å². The number of thiophene rings is 1. The second kappa shape index (κ2) is 5.59. The van der Waals surface area contributed by atoms with Gasteiger partial charge in [0, 0.05) is 22.2 Å². The van der Waals surface area contributed by atoms with Gasteiger partial charge in [-0.1, -0.05) is 6.92 Å². The van der Waals surface area contributed by atoms with E-state index in [4.69, 9.17) is 5.73 Å². The van der Waals surface area contributed by atoms with Crippen LogP contribution in [0.4, 0.5) is 0 Å². The molecule has 2 heterocycles. The van der Waals surface area contributed by atoms with Crippen LogP contribution >= 0.6 is 11.3 Å². The maximum atomic E-state index is 6.29. The van der Waals surface area contributed by atoms with E-state index in [0.717, 1.165) is 29.8 Å². The van der Waals surface area contributed by atoms with Gasteiger partial charge in [-0.15, -0.1) is 11.3 Å². The third-order valence-electron chi connectivity index (χ3n) is 3.03. The molecule has 2 aromatic heterocycles. The summed E-state index contributed by atoms with van der Waals surface area (Å²) in [6, 6.07) is 6.42. The Balaban J connectivity index is 2.16. The molecular formula is C14H19N3S. The first kappa shape index (κ1) is 13.2. The molecule has 0 saturated carbocycles. The minimum absolute atomic E-state index is 0.00237. The van der Waals surface area contributed by atoms with E-state index in [1.807, 2.05) is 31.3 Å². The monoisotopic (exact) mass is 261 g/mol. The summed E-state index contributed by atoms with van der Waals surface area (Å²) in [5, 5.41) is 8.18. The third-order valence-corrected chi connectivity index (χ3v) is 4.28. The molecule has 0 saturated heterocycles. The standard InChI is InChI=1S/C14H19N3S/c1-4-11-5-6-12(18-11)8-14(15)13-7-9(2)16-17-10(13)3/h5-7,14H,4,8,15H2,1-3H3. The lowest BCUT2D eigenvalue weighted by Crippen LogP contribution is -2.15. The normalized spacial score (nSPS) is 12.7. The number of nitrogens with two attached hydrogens (primary N) is 1. The molecule has 0 aliphatic rings. The number of nitrogens with zero attached hydrogens (tertiary/aromatic N) is 2. The zero-order valence-corrected chi connectivity index (χ0v) is 11.9. The second-order valence-corrected chi connectivity index (χ2v) is 5.81. The Bertz CT molecular complexity index is 534. The van der Waals surface area contributed by atoms with Crippen molar-refractivity contribution in [3.8, 4) is 0 Å². The van der Waals surface area contributed by atoms with E-state index in [9.17, 15) is 0 Å². The topological polar surface area (TPSA) is 51.8 Å². The van der Waals surface area contributed by atoms with E-state index in [0.29, 0.717) is 0 Å². The summed E-state index contributed by atoms with van der Waals surface area (Å²) < 4.78 is 0. The molecule has 0 aromatic carbocycles. The molecule has 0 amide bonds. The largest absolute Gasteiger partial charge is 0.324 e. The summed E-state index contributed by atoms with van der Waals surface area (Å²) in [6.07, 6.45) is 1.96. The zero-order valence-electron chi connectivity index (χ0n) is 11.1. The fourth-order valence-electron chi connectivity index (χ4n) is 1.99. The van der Waals surface area contributed by atoms with Gasteiger partial charge >= 0.3 is 0 Å². The summed E-state index contributed by atoms with van der Waals surface area (Å²) in [6.45, 7) is 6.09. The first-order valence-electron chi connectivity index (χ1n) is 6.24. The van der Waals surface area contributed by atoms with E-state index in [-0.39, 0.29) is 6.04 Å². The van der Waals surface area contributed by atoms with E-state index in [2.05, 4.69) is 29.3 Å². The molecule has 1 atom stereocenters. The Kier molecular flexibility index (Phi) is 4.09. The Morgan fingerprint density at radius 2 is 1.94 bits per heavy atom. The average molecular weight is 261 g/mol. The van der Waals surface area contributed by atoms with Crippen LogP contribution in [0.1, 0.15) is 39.7 Å². The molecule has 0 radical (unpaired) electrons. The van der Waals surface area contributed by atoms with Crippen LogP contribution in [0.3, 0.4) is 0 Å². The molecule has 96 valence electrons. The van der Waals surface area contributed by atoms with Crippen LogP contribution in [0.5, 0.6) is 0 Å². The molecule has 0 spiro atoms. The first-order chi connectivity index (χ1) is 8.60. The van der Waals surface area contributed by atoms with Crippen molar-refractivity contribution in [3.63, 3.8) is 0 Å². The molecule has 2 N–H and O–H groups in total.